The summed E-state index contributed by atoms with van der Waals surface area (Å²) < 4.78 is 10.9. The third-order valence-electron chi connectivity index (χ3n) is 6.38. The molecular formula is C23H30N4O3. The maximum Gasteiger partial charge on any atom is 0.225 e. The van der Waals surface area contributed by atoms with Crippen molar-refractivity contribution in [1.82, 2.24) is 15.3 Å². The zero-order valence-electron chi connectivity index (χ0n) is 17.5. The van der Waals surface area contributed by atoms with E-state index in [1.54, 1.807) is 19.5 Å². The van der Waals surface area contributed by atoms with E-state index in [-0.39, 0.29) is 17.2 Å². The maximum atomic E-state index is 13.1. The van der Waals surface area contributed by atoms with Crippen LogP contribution in [0.1, 0.15) is 31.2 Å². The summed E-state index contributed by atoms with van der Waals surface area (Å²) in [6.07, 6.45) is 7.15. The van der Waals surface area contributed by atoms with Crippen LogP contribution in [-0.4, -0.2) is 55.8 Å². The first kappa shape index (κ1) is 20.6. The van der Waals surface area contributed by atoms with E-state index >= 15 is 0 Å². The van der Waals surface area contributed by atoms with E-state index in [1.807, 2.05) is 18.2 Å². The second kappa shape index (κ2) is 9.43. The average molecular weight is 411 g/mol. The molecule has 30 heavy (non-hydrogen) atoms. The van der Waals surface area contributed by atoms with E-state index in [2.05, 4.69) is 32.3 Å². The molecule has 0 spiro atoms. The number of nitrogens with zero attached hydrogens (tertiary/aromatic N) is 3. The Morgan fingerprint density at radius 2 is 1.97 bits per heavy atom. The monoisotopic (exact) mass is 410 g/mol. The van der Waals surface area contributed by atoms with Crippen molar-refractivity contribution >= 4 is 11.9 Å². The molecule has 7 nitrogen and oxygen atoms in total. The topological polar surface area (TPSA) is 76.6 Å². The van der Waals surface area contributed by atoms with Crippen molar-refractivity contribution in [1.29, 1.82) is 0 Å². The largest absolute Gasteiger partial charge is 0.497 e. The summed E-state index contributed by atoms with van der Waals surface area (Å²) in [6.45, 7) is 3.60. The molecule has 2 aliphatic rings. The lowest BCUT2D eigenvalue weighted by atomic mass is 9.74. The first-order valence-corrected chi connectivity index (χ1v) is 10.7. The number of hydrogen-bond donors (Lipinski definition) is 1. The predicted molar refractivity (Wildman–Crippen MR) is 115 cm³/mol. The molecule has 1 amide bonds. The van der Waals surface area contributed by atoms with Gasteiger partial charge in [0, 0.05) is 50.7 Å². The molecule has 0 bridgehead atoms. The smallest absolute Gasteiger partial charge is 0.225 e. The summed E-state index contributed by atoms with van der Waals surface area (Å²) in [5.74, 6) is 1.62. The van der Waals surface area contributed by atoms with Crippen LogP contribution < -0.4 is 15.0 Å². The van der Waals surface area contributed by atoms with Crippen LogP contribution in [0.15, 0.2) is 42.7 Å². The van der Waals surface area contributed by atoms with Gasteiger partial charge in [-0.15, -0.1) is 0 Å². The predicted octanol–water partition coefficient (Wildman–Crippen LogP) is 2.57. The van der Waals surface area contributed by atoms with Crippen LogP contribution in [0.25, 0.3) is 0 Å². The van der Waals surface area contributed by atoms with Gasteiger partial charge in [-0.05, 0) is 49.4 Å². The van der Waals surface area contributed by atoms with Crippen LogP contribution in [0, 0.1) is 5.92 Å². The van der Waals surface area contributed by atoms with Gasteiger partial charge in [0.2, 0.25) is 11.9 Å². The number of ether oxygens (including phenoxy) is 2. The molecule has 0 unspecified atom stereocenters. The Bertz CT molecular complexity index is 822. The molecule has 2 aliphatic heterocycles. The fourth-order valence-corrected chi connectivity index (χ4v) is 4.50. The van der Waals surface area contributed by atoms with Crippen LogP contribution in [0.3, 0.4) is 0 Å². The highest BCUT2D eigenvalue weighted by atomic mass is 16.5. The zero-order chi connectivity index (χ0) is 20.8. The number of anilines is 1. The van der Waals surface area contributed by atoms with Crippen molar-refractivity contribution in [3.63, 3.8) is 0 Å². The van der Waals surface area contributed by atoms with E-state index < -0.39 is 0 Å². The van der Waals surface area contributed by atoms with Gasteiger partial charge in [-0.25, -0.2) is 9.97 Å². The fourth-order valence-electron chi connectivity index (χ4n) is 4.50. The fraction of sp³-hybridized carbons (Fsp3) is 0.522. The molecule has 2 aromatic rings. The van der Waals surface area contributed by atoms with Gasteiger partial charge in [0.25, 0.3) is 0 Å². The molecule has 1 N–H and O–H groups in total. The quantitative estimate of drug-likeness (QED) is 0.789. The van der Waals surface area contributed by atoms with Gasteiger partial charge in [-0.3, -0.25) is 4.79 Å². The Labute approximate surface area is 177 Å². The van der Waals surface area contributed by atoms with Crippen molar-refractivity contribution in [2.45, 2.75) is 31.1 Å². The van der Waals surface area contributed by atoms with Gasteiger partial charge in [0.1, 0.15) is 5.75 Å². The minimum absolute atomic E-state index is 0.0460. The average Bonchev–Trinajstić information content (AvgIpc) is 2.84. The van der Waals surface area contributed by atoms with E-state index in [0.29, 0.717) is 32.3 Å². The standard InChI is InChI=1S/C23H30N4O3/c1-29-20-7-5-19(6-8-20)23(9-14-30-15-10-23)17-26-21(28)18-4-2-13-27(16-18)22-24-11-3-12-25-22/h3,5-8,11-12,18H,2,4,9-10,13-17H2,1H3,(H,26,28)/t18-/m0/s1. The summed E-state index contributed by atoms with van der Waals surface area (Å²) in [6, 6.07) is 10.0. The van der Waals surface area contributed by atoms with Crippen LogP contribution >= 0.6 is 0 Å². The van der Waals surface area contributed by atoms with Gasteiger partial charge in [0.15, 0.2) is 0 Å². The molecule has 0 radical (unpaired) electrons. The SMILES string of the molecule is COc1ccc(C2(CNC(=O)[C@H]3CCCN(c4ncccn4)C3)CCOCC2)cc1. The number of carbonyl (C=O) groups excluding carboxylic acids is 1. The van der Waals surface area contributed by atoms with E-state index in [0.717, 1.165) is 38.0 Å². The lowest BCUT2D eigenvalue weighted by Crippen LogP contribution is -2.49. The number of methoxy groups -OCH3 is 1. The molecule has 1 atom stereocenters. The molecule has 1 aromatic heterocycles. The van der Waals surface area contributed by atoms with E-state index in [4.69, 9.17) is 9.47 Å². The number of rotatable bonds is 6. The molecular weight excluding hydrogens is 380 g/mol. The van der Waals surface area contributed by atoms with Gasteiger partial charge in [-0.1, -0.05) is 12.1 Å². The van der Waals surface area contributed by atoms with Crippen LogP contribution in [0.5, 0.6) is 5.75 Å². The molecule has 1 aromatic carbocycles. The highest BCUT2D eigenvalue weighted by Gasteiger charge is 2.36. The molecule has 160 valence electrons. The Kier molecular flexibility index (Phi) is 6.47. The molecule has 2 saturated heterocycles. The Hall–Kier alpha value is -2.67. The van der Waals surface area contributed by atoms with Gasteiger partial charge in [0.05, 0.1) is 13.0 Å². The van der Waals surface area contributed by atoms with Crippen LogP contribution in [0.2, 0.25) is 0 Å². The molecule has 0 saturated carbocycles. The minimum atomic E-state index is -0.100. The molecule has 4 rings (SSSR count). The van der Waals surface area contributed by atoms with Crippen molar-refractivity contribution in [3.8, 4) is 5.75 Å². The summed E-state index contributed by atoms with van der Waals surface area (Å²) in [7, 11) is 1.67. The van der Waals surface area contributed by atoms with Crippen molar-refractivity contribution < 1.29 is 14.3 Å². The summed E-state index contributed by atoms with van der Waals surface area (Å²) in [4.78, 5) is 23.9. The first-order valence-electron chi connectivity index (χ1n) is 10.7. The van der Waals surface area contributed by atoms with Crippen LogP contribution in [-0.2, 0) is 14.9 Å². The van der Waals surface area contributed by atoms with Crippen molar-refractivity contribution in [2.75, 3.05) is 44.9 Å². The Morgan fingerprint density at radius 1 is 1.23 bits per heavy atom. The third kappa shape index (κ3) is 4.56. The van der Waals surface area contributed by atoms with Crippen molar-refractivity contribution in [3.05, 3.63) is 48.3 Å². The number of piperidine rings is 1. The molecule has 3 heterocycles. The molecule has 2 fully saturated rings. The van der Waals surface area contributed by atoms with Crippen LogP contribution in [0.4, 0.5) is 5.95 Å². The summed E-state index contributed by atoms with van der Waals surface area (Å²) in [5, 5.41) is 3.27. The second-order valence-electron chi connectivity index (χ2n) is 8.17. The maximum absolute atomic E-state index is 13.1. The van der Waals surface area contributed by atoms with Gasteiger partial charge in [-0.2, -0.15) is 0 Å². The molecule has 0 aliphatic carbocycles. The second-order valence-corrected chi connectivity index (χ2v) is 8.17. The van der Waals surface area contributed by atoms with E-state index in [1.165, 1.54) is 5.56 Å². The lowest BCUT2D eigenvalue weighted by molar-refractivity contribution is -0.125. The number of hydrogen-bond acceptors (Lipinski definition) is 6. The number of aromatic nitrogens is 2. The normalized spacial score (nSPS) is 21.1. The number of carbonyl (C=O) groups is 1. The summed E-state index contributed by atoms with van der Waals surface area (Å²) in [5.41, 5.74) is 1.13. The number of nitrogens with one attached hydrogen (secondary N) is 1. The highest BCUT2D eigenvalue weighted by Crippen LogP contribution is 2.35. The number of amides is 1. The third-order valence-corrected chi connectivity index (χ3v) is 6.38. The Morgan fingerprint density at radius 3 is 2.67 bits per heavy atom. The lowest BCUT2D eigenvalue weighted by Gasteiger charge is -2.39. The summed E-state index contributed by atoms with van der Waals surface area (Å²) >= 11 is 0. The minimum Gasteiger partial charge on any atom is -0.497 e. The Balaban J connectivity index is 1.42. The van der Waals surface area contributed by atoms with Gasteiger partial charge >= 0.3 is 0 Å². The van der Waals surface area contributed by atoms with Crippen molar-refractivity contribution in [2.24, 2.45) is 5.92 Å². The van der Waals surface area contributed by atoms with E-state index in [9.17, 15) is 4.79 Å². The zero-order valence-corrected chi connectivity index (χ0v) is 17.5. The highest BCUT2D eigenvalue weighted by molar-refractivity contribution is 5.79. The number of benzene rings is 1. The first-order chi connectivity index (χ1) is 14.7. The van der Waals surface area contributed by atoms with Gasteiger partial charge < -0.3 is 19.7 Å². The molecule has 7 heteroatoms.